The predicted molar refractivity (Wildman–Crippen MR) is 108 cm³/mol. The van der Waals surface area contributed by atoms with Crippen LogP contribution in [0.4, 0.5) is 0 Å². The van der Waals surface area contributed by atoms with Crippen LogP contribution in [0, 0.1) is 0 Å². The van der Waals surface area contributed by atoms with E-state index in [9.17, 15) is 9.59 Å². The summed E-state index contributed by atoms with van der Waals surface area (Å²) in [5, 5.41) is 3.56. The first-order chi connectivity index (χ1) is 13.2. The number of carbonyl (C=O) groups excluding carboxylic acids is 1. The number of carbonyl (C=O) groups is 1. The Morgan fingerprint density at radius 2 is 1.78 bits per heavy atom. The topological polar surface area (TPSA) is 64.0 Å². The van der Waals surface area contributed by atoms with Gasteiger partial charge in [-0.15, -0.1) is 0 Å². The molecule has 0 aliphatic heterocycles. The third kappa shape index (κ3) is 4.61. The summed E-state index contributed by atoms with van der Waals surface area (Å²) < 4.78 is 1.77. The highest BCUT2D eigenvalue weighted by molar-refractivity contribution is 5.94. The van der Waals surface area contributed by atoms with Gasteiger partial charge in [-0.2, -0.15) is 0 Å². The van der Waals surface area contributed by atoms with Crippen LogP contribution >= 0.6 is 0 Å². The molecule has 0 aliphatic carbocycles. The summed E-state index contributed by atoms with van der Waals surface area (Å²) in [6.07, 6.45) is 3.63. The van der Waals surface area contributed by atoms with Crippen LogP contribution in [0.3, 0.4) is 0 Å². The summed E-state index contributed by atoms with van der Waals surface area (Å²) in [7, 11) is 0. The lowest BCUT2D eigenvalue weighted by Gasteiger charge is -2.14. The van der Waals surface area contributed by atoms with Crippen LogP contribution < -0.4 is 10.9 Å². The molecule has 3 aromatic rings. The third-order valence-corrected chi connectivity index (χ3v) is 4.60. The highest BCUT2D eigenvalue weighted by Gasteiger charge is 2.11. The second-order valence-corrected chi connectivity index (χ2v) is 6.58. The van der Waals surface area contributed by atoms with Crippen LogP contribution in [-0.2, 0) is 13.0 Å². The highest BCUT2D eigenvalue weighted by atomic mass is 16.1. The number of aromatic nitrogens is 2. The smallest absolute Gasteiger partial charge is 0.261 e. The number of rotatable bonds is 8. The molecule has 5 heteroatoms. The fourth-order valence-corrected chi connectivity index (χ4v) is 3.13. The molecule has 2 aromatic carbocycles. The number of hydrogen-bond donors (Lipinski definition) is 1. The van der Waals surface area contributed by atoms with E-state index in [-0.39, 0.29) is 11.5 Å². The molecule has 0 aliphatic rings. The molecule has 1 amide bonds. The maximum atomic E-state index is 12.9. The maximum absolute atomic E-state index is 12.9. The number of benzene rings is 2. The van der Waals surface area contributed by atoms with Crippen LogP contribution in [0.15, 0.2) is 59.4 Å². The molecule has 0 spiro atoms. The zero-order valence-corrected chi connectivity index (χ0v) is 15.6. The molecule has 1 heterocycles. The Balaban J connectivity index is 1.78. The summed E-state index contributed by atoms with van der Waals surface area (Å²) in [4.78, 5) is 29.8. The molecule has 140 valence electrons. The van der Waals surface area contributed by atoms with E-state index in [1.165, 1.54) is 0 Å². The summed E-state index contributed by atoms with van der Waals surface area (Å²) in [5.41, 5.74) is 1.34. The van der Waals surface area contributed by atoms with Gasteiger partial charge in [0.2, 0.25) is 0 Å². The average Bonchev–Trinajstić information content (AvgIpc) is 2.71. The largest absolute Gasteiger partial charge is 0.352 e. The molecule has 1 N–H and O–H groups in total. The number of hydrogen-bond acceptors (Lipinski definition) is 3. The van der Waals surface area contributed by atoms with Crippen molar-refractivity contribution < 1.29 is 4.79 Å². The van der Waals surface area contributed by atoms with Crippen molar-refractivity contribution in [1.29, 1.82) is 0 Å². The van der Waals surface area contributed by atoms with E-state index >= 15 is 0 Å². The van der Waals surface area contributed by atoms with Gasteiger partial charge >= 0.3 is 0 Å². The lowest BCUT2D eigenvalue weighted by molar-refractivity contribution is 0.0954. The lowest BCUT2D eigenvalue weighted by atomic mass is 10.2. The van der Waals surface area contributed by atoms with Crippen LogP contribution in [0.2, 0.25) is 0 Å². The zero-order chi connectivity index (χ0) is 19.1. The Morgan fingerprint density at radius 3 is 2.56 bits per heavy atom. The predicted octanol–water partition coefficient (Wildman–Crippen LogP) is 3.56. The Hall–Kier alpha value is -2.95. The molecular formula is C22H25N3O2. The lowest BCUT2D eigenvalue weighted by Crippen LogP contribution is -2.30. The minimum atomic E-state index is -0.115. The molecule has 27 heavy (non-hydrogen) atoms. The fourth-order valence-electron chi connectivity index (χ4n) is 3.13. The van der Waals surface area contributed by atoms with Crippen molar-refractivity contribution in [1.82, 2.24) is 14.9 Å². The van der Waals surface area contributed by atoms with Crippen molar-refractivity contribution in [3.63, 3.8) is 0 Å². The quantitative estimate of drug-likeness (QED) is 0.623. The highest BCUT2D eigenvalue weighted by Crippen LogP contribution is 2.10. The number of nitrogens with one attached hydrogen (secondary N) is 1. The molecule has 0 atom stereocenters. The first kappa shape index (κ1) is 18.8. The van der Waals surface area contributed by atoms with E-state index in [1.54, 1.807) is 16.7 Å². The van der Waals surface area contributed by atoms with E-state index in [1.807, 2.05) is 42.5 Å². The Kier molecular flexibility index (Phi) is 6.36. The number of para-hydroxylation sites is 1. The third-order valence-electron chi connectivity index (χ3n) is 4.60. The van der Waals surface area contributed by atoms with E-state index < -0.39 is 0 Å². The summed E-state index contributed by atoms with van der Waals surface area (Å²) >= 11 is 0. The van der Waals surface area contributed by atoms with E-state index in [4.69, 9.17) is 4.98 Å². The first-order valence-corrected chi connectivity index (χ1v) is 9.52. The van der Waals surface area contributed by atoms with Crippen LogP contribution in [-0.4, -0.2) is 22.0 Å². The standard InChI is InChI=1S/C22H25N3O2/c1-2-3-9-16-25-20(24-19-13-8-7-12-18(19)22(25)27)14-15-23-21(26)17-10-5-4-6-11-17/h4-8,10-13H,2-3,9,14-16H2,1H3,(H,23,26). The summed E-state index contributed by atoms with van der Waals surface area (Å²) in [5.74, 6) is 0.611. The van der Waals surface area contributed by atoms with Gasteiger partial charge in [-0.05, 0) is 30.7 Å². The summed E-state index contributed by atoms with van der Waals surface area (Å²) in [6, 6.07) is 16.6. The fraction of sp³-hybridized carbons (Fsp3) is 0.318. The van der Waals surface area contributed by atoms with E-state index in [0.29, 0.717) is 36.0 Å². The molecule has 0 saturated carbocycles. The number of fused-ring (bicyclic) bond motifs is 1. The van der Waals surface area contributed by atoms with Gasteiger partial charge < -0.3 is 5.32 Å². The molecule has 0 saturated heterocycles. The number of unbranched alkanes of at least 4 members (excludes halogenated alkanes) is 2. The Morgan fingerprint density at radius 1 is 1.04 bits per heavy atom. The molecule has 5 nitrogen and oxygen atoms in total. The van der Waals surface area contributed by atoms with Gasteiger partial charge in [0.25, 0.3) is 11.5 Å². The maximum Gasteiger partial charge on any atom is 0.261 e. The van der Waals surface area contributed by atoms with Gasteiger partial charge in [0, 0.05) is 25.1 Å². The Labute approximate surface area is 159 Å². The van der Waals surface area contributed by atoms with Gasteiger partial charge in [-0.1, -0.05) is 50.1 Å². The van der Waals surface area contributed by atoms with E-state index in [2.05, 4.69) is 12.2 Å². The van der Waals surface area contributed by atoms with Crippen LogP contribution in [0.5, 0.6) is 0 Å². The number of nitrogens with zero attached hydrogens (tertiary/aromatic N) is 2. The van der Waals surface area contributed by atoms with E-state index in [0.717, 1.165) is 25.1 Å². The minimum absolute atomic E-state index is 0.00101. The molecule has 0 unspecified atom stereocenters. The first-order valence-electron chi connectivity index (χ1n) is 9.52. The molecule has 0 fully saturated rings. The van der Waals surface area contributed by atoms with Gasteiger partial charge in [0.15, 0.2) is 0 Å². The van der Waals surface area contributed by atoms with Gasteiger partial charge in [-0.25, -0.2) is 4.98 Å². The van der Waals surface area contributed by atoms with Crippen molar-refractivity contribution in [2.24, 2.45) is 0 Å². The second kappa shape index (κ2) is 9.12. The second-order valence-electron chi connectivity index (χ2n) is 6.58. The van der Waals surface area contributed by atoms with Gasteiger partial charge in [0.1, 0.15) is 5.82 Å². The average molecular weight is 363 g/mol. The summed E-state index contributed by atoms with van der Waals surface area (Å²) in [6.45, 7) is 3.24. The van der Waals surface area contributed by atoms with Crippen molar-refractivity contribution in [3.05, 3.63) is 76.3 Å². The molecule has 0 radical (unpaired) electrons. The van der Waals surface area contributed by atoms with Gasteiger partial charge in [-0.3, -0.25) is 14.2 Å². The normalized spacial score (nSPS) is 10.9. The Bertz CT molecular complexity index is 964. The van der Waals surface area contributed by atoms with Crippen molar-refractivity contribution in [2.45, 2.75) is 39.2 Å². The molecule has 1 aromatic heterocycles. The number of amides is 1. The molecule has 0 bridgehead atoms. The van der Waals surface area contributed by atoms with Crippen LogP contribution in [0.25, 0.3) is 10.9 Å². The SMILES string of the molecule is CCCCCn1c(CCNC(=O)c2ccccc2)nc2ccccc2c1=O. The molecular weight excluding hydrogens is 338 g/mol. The van der Waals surface area contributed by atoms with Crippen LogP contribution in [0.1, 0.15) is 42.4 Å². The zero-order valence-electron chi connectivity index (χ0n) is 15.6. The van der Waals surface area contributed by atoms with Crippen molar-refractivity contribution in [3.8, 4) is 0 Å². The molecule has 3 rings (SSSR count). The van der Waals surface area contributed by atoms with Crippen molar-refractivity contribution >= 4 is 16.8 Å². The van der Waals surface area contributed by atoms with Gasteiger partial charge in [0.05, 0.1) is 10.9 Å². The minimum Gasteiger partial charge on any atom is -0.352 e. The monoisotopic (exact) mass is 363 g/mol. The van der Waals surface area contributed by atoms with Crippen molar-refractivity contribution in [2.75, 3.05) is 6.54 Å².